The molecule has 21 heavy (non-hydrogen) atoms. The van der Waals surface area contributed by atoms with Gasteiger partial charge in [-0.05, 0) is 12.1 Å². The largest absolute Gasteiger partial charge is 0.373 e. The van der Waals surface area contributed by atoms with E-state index in [0.717, 1.165) is 31.3 Å². The van der Waals surface area contributed by atoms with Crippen molar-refractivity contribution in [3.63, 3.8) is 0 Å². The maximum atomic E-state index is 12.5. The smallest absolute Gasteiger partial charge is 0.254 e. The fourth-order valence-corrected chi connectivity index (χ4v) is 3.05. The molecule has 0 atom stereocenters. The summed E-state index contributed by atoms with van der Waals surface area (Å²) in [5.74, 6) is 0.773. The summed E-state index contributed by atoms with van der Waals surface area (Å²) >= 11 is 1.64. The van der Waals surface area contributed by atoms with E-state index in [9.17, 15) is 4.79 Å². The Balaban J connectivity index is 1.64. The number of nitrogens with zero attached hydrogens (tertiary/aromatic N) is 4. The number of rotatable bonds is 3. The zero-order valence-electron chi connectivity index (χ0n) is 11.8. The lowest BCUT2D eigenvalue weighted by Gasteiger charge is -2.34. The molecular weight excluding hydrogens is 286 g/mol. The van der Waals surface area contributed by atoms with Crippen molar-refractivity contribution < 1.29 is 4.79 Å². The van der Waals surface area contributed by atoms with E-state index in [-0.39, 0.29) is 5.91 Å². The number of thiazole rings is 1. The molecule has 1 saturated heterocycles. The second-order valence-electron chi connectivity index (χ2n) is 4.77. The molecule has 0 aliphatic carbocycles. The van der Waals surface area contributed by atoms with Gasteiger partial charge in [-0.25, -0.2) is 9.97 Å². The lowest BCUT2D eigenvalue weighted by atomic mass is 10.2. The van der Waals surface area contributed by atoms with Gasteiger partial charge in [-0.15, -0.1) is 11.3 Å². The van der Waals surface area contributed by atoms with E-state index >= 15 is 0 Å². The SMILES string of the molecule is CNc1cc(C(=O)N2CCN(c3nccs3)CC2)ccn1. The van der Waals surface area contributed by atoms with Gasteiger partial charge in [-0.2, -0.15) is 0 Å². The topological polar surface area (TPSA) is 61.4 Å². The number of carbonyl (C=O) groups is 1. The predicted octanol–water partition coefficient (Wildman–Crippen LogP) is 1.54. The van der Waals surface area contributed by atoms with Gasteiger partial charge in [0, 0.05) is 56.6 Å². The van der Waals surface area contributed by atoms with Crippen LogP contribution >= 0.6 is 11.3 Å². The van der Waals surface area contributed by atoms with Gasteiger partial charge in [0.15, 0.2) is 5.13 Å². The highest BCUT2D eigenvalue weighted by Gasteiger charge is 2.23. The summed E-state index contributed by atoms with van der Waals surface area (Å²) in [7, 11) is 1.80. The zero-order valence-corrected chi connectivity index (χ0v) is 12.6. The third-order valence-electron chi connectivity index (χ3n) is 3.52. The van der Waals surface area contributed by atoms with Gasteiger partial charge in [-0.1, -0.05) is 0 Å². The number of pyridine rings is 1. The number of anilines is 2. The number of piperazine rings is 1. The van der Waals surface area contributed by atoms with Crippen LogP contribution in [0.15, 0.2) is 29.9 Å². The third kappa shape index (κ3) is 2.97. The first-order valence-corrected chi connectivity index (χ1v) is 7.73. The molecule has 2 aromatic heterocycles. The van der Waals surface area contributed by atoms with Crippen LogP contribution in [-0.2, 0) is 0 Å². The molecule has 1 fully saturated rings. The molecule has 0 saturated carbocycles. The quantitative estimate of drug-likeness (QED) is 0.932. The number of amides is 1. The van der Waals surface area contributed by atoms with Crippen molar-refractivity contribution in [3.8, 4) is 0 Å². The van der Waals surface area contributed by atoms with Gasteiger partial charge in [0.1, 0.15) is 5.82 Å². The summed E-state index contributed by atoms with van der Waals surface area (Å²) in [6.07, 6.45) is 3.47. The predicted molar refractivity (Wildman–Crippen MR) is 84.0 cm³/mol. The molecule has 0 radical (unpaired) electrons. The molecule has 0 unspecified atom stereocenters. The number of hydrogen-bond acceptors (Lipinski definition) is 6. The molecule has 3 heterocycles. The van der Waals surface area contributed by atoms with Gasteiger partial charge in [0.25, 0.3) is 5.91 Å². The number of carbonyl (C=O) groups excluding carboxylic acids is 1. The van der Waals surface area contributed by atoms with E-state index in [1.165, 1.54) is 0 Å². The molecule has 1 amide bonds. The molecular formula is C14H17N5OS. The van der Waals surface area contributed by atoms with Crippen molar-refractivity contribution in [1.82, 2.24) is 14.9 Å². The van der Waals surface area contributed by atoms with Gasteiger partial charge in [0.05, 0.1) is 0 Å². The van der Waals surface area contributed by atoms with E-state index in [0.29, 0.717) is 11.4 Å². The summed E-state index contributed by atoms with van der Waals surface area (Å²) in [6, 6.07) is 3.55. The van der Waals surface area contributed by atoms with Crippen LogP contribution in [0.25, 0.3) is 0 Å². The lowest BCUT2D eigenvalue weighted by molar-refractivity contribution is 0.0746. The molecule has 1 aliphatic rings. The minimum atomic E-state index is 0.0627. The van der Waals surface area contributed by atoms with E-state index < -0.39 is 0 Å². The minimum absolute atomic E-state index is 0.0627. The number of aromatic nitrogens is 2. The molecule has 1 N–H and O–H groups in total. The summed E-state index contributed by atoms with van der Waals surface area (Å²) in [5, 5.41) is 5.96. The van der Waals surface area contributed by atoms with Crippen LogP contribution in [0.3, 0.4) is 0 Å². The summed E-state index contributed by atoms with van der Waals surface area (Å²) in [6.45, 7) is 3.08. The van der Waals surface area contributed by atoms with E-state index in [2.05, 4.69) is 20.2 Å². The average molecular weight is 303 g/mol. The molecule has 7 heteroatoms. The Morgan fingerprint density at radius 3 is 2.71 bits per heavy atom. The average Bonchev–Trinajstić information content (AvgIpc) is 3.09. The fraction of sp³-hybridized carbons (Fsp3) is 0.357. The Morgan fingerprint density at radius 2 is 2.05 bits per heavy atom. The Hall–Kier alpha value is -2.15. The van der Waals surface area contributed by atoms with E-state index in [1.54, 1.807) is 36.7 Å². The Labute approximate surface area is 127 Å². The monoisotopic (exact) mass is 303 g/mol. The Morgan fingerprint density at radius 1 is 1.24 bits per heavy atom. The molecule has 1 aliphatic heterocycles. The minimum Gasteiger partial charge on any atom is -0.373 e. The standard InChI is InChI=1S/C14H17N5OS/c1-15-12-10-11(2-3-16-12)13(20)18-5-7-19(8-6-18)14-17-4-9-21-14/h2-4,9-10H,5-8H2,1H3,(H,15,16). The van der Waals surface area contributed by atoms with Crippen LogP contribution in [0, 0.1) is 0 Å². The molecule has 0 bridgehead atoms. The summed E-state index contributed by atoms with van der Waals surface area (Å²) in [4.78, 5) is 25.1. The van der Waals surface area contributed by atoms with Crippen LogP contribution in [-0.4, -0.2) is 54.0 Å². The van der Waals surface area contributed by atoms with Crippen molar-refractivity contribution in [3.05, 3.63) is 35.5 Å². The van der Waals surface area contributed by atoms with Crippen molar-refractivity contribution in [2.24, 2.45) is 0 Å². The van der Waals surface area contributed by atoms with Crippen LogP contribution in [0.4, 0.5) is 10.9 Å². The van der Waals surface area contributed by atoms with Crippen molar-refractivity contribution in [1.29, 1.82) is 0 Å². The maximum Gasteiger partial charge on any atom is 0.254 e. The molecule has 0 spiro atoms. The van der Waals surface area contributed by atoms with Crippen molar-refractivity contribution in [2.75, 3.05) is 43.4 Å². The second kappa shape index (κ2) is 6.09. The molecule has 0 aromatic carbocycles. The van der Waals surface area contributed by atoms with Crippen LogP contribution in [0.1, 0.15) is 10.4 Å². The van der Waals surface area contributed by atoms with E-state index in [1.807, 2.05) is 16.5 Å². The fourth-order valence-electron chi connectivity index (χ4n) is 2.36. The second-order valence-corrected chi connectivity index (χ2v) is 5.65. The lowest BCUT2D eigenvalue weighted by Crippen LogP contribution is -2.48. The maximum absolute atomic E-state index is 12.5. The Kier molecular flexibility index (Phi) is 4.01. The number of nitrogens with one attached hydrogen (secondary N) is 1. The zero-order chi connectivity index (χ0) is 14.7. The summed E-state index contributed by atoms with van der Waals surface area (Å²) < 4.78 is 0. The molecule has 110 valence electrons. The third-order valence-corrected chi connectivity index (χ3v) is 4.35. The molecule has 6 nitrogen and oxygen atoms in total. The van der Waals surface area contributed by atoms with Gasteiger partial charge >= 0.3 is 0 Å². The van der Waals surface area contributed by atoms with Gasteiger partial charge in [-0.3, -0.25) is 4.79 Å². The highest BCUT2D eigenvalue weighted by atomic mass is 32.1. The highest BCUT2D eigenvalue weighted by molar-refractivity contribution is 7.13. The summed E-state index contributed by atoms with van der Waals surface area (Å²) in [5.41, 5.74) is 0.678. The van der Waals surface area contributed by atoms with Crippen LogP contribution in [0.2, 0.25) is 0 Å². The first-order valence-electron chi connectivity index (χ1n) is 6.85. The number of hydrogen-bond donors (Lipinski definition) is 1. The molecule has 3 rings (SSSR count). The Bertz CT molecular complexity index is 608. The van der Waals surface area contributed by atoms with Crippen molar-refractivity contribution in [2.45, 2.75) is 0 Å². The van der Waals surface area contributed by atoms with Crippen LogP contribution in [0.5, 0.6) is 0 Å². The van der Waals surface area contributed by atoms with Gasteiger partial charge in [0.2, 0.25) is 0 Å². The highest BCUT2D eigenvalue weighted by Crippen LogP contribution is 2.19. The van der Waals surface area contributed by atoms with Gasteiger partial charge < -0.3 is 15.1 Å². The van der Waals surface area contributed by atoms with Crippen LogP contribution < -0.4 is 10.2 Å². The molecule has 2 aromatic rings. The van der Waals surface area contributed by atoms with E-state index in [4.69, 9.17) is 0 Å². The normalized spacial score (nSPS) is 15.1. The first-order chi connectivity index (χ1) is 10.3. The first kappa shape index (κ1) is 13.8. The van der Waals surface area contributed by atoms with Crippen molar-refractivity contribution >= 4 is 28.2 Å².